The van der Waals surface area contributed by atoms with Crippen LogP contribution in [0.2, 0.25) is 0 Å². The zero-order valence-electron chi connectivity index (χ0n) is 20.3. The third-order valence-electron chi connectivity index (χ3n) is 6.44. The zero-order valence-corrected chi connectivity index (χ0v) is 20.3. The second-order valence-corrected chi connectivity index (χ2v) is 9.03. The molecule has 3 N–H and O–H groups in total. The number of aryl methyl sites for hydroxylation is 1. The lowest BCUT2D eigenvalue weighted by atomic mass is 10.00. The van der Waals surface area contributed by atoms with Gasteiger partial charge >= 0.3 is 0 Å². The van der Waals surface area contributed by atoms with Crippen LogP contribution in [0.1, 0.15) is 28.8 Å². The highest BCUT2D eigenvalue weighted by atomic mass is 16.2. The Morgan fingerprint density at radius 3 is 2.61 bits per heavy atom. The molecule has 1 aromatic heterocycles. The van der Waals surface area contributed by atoms with Gasteiger partial charge in [0, 0.05) is 55.9 Å². The third kappa shape index (κ3) is 5.85. The first-order chi connectivity index (χ1) is 17.5. The lowest BCUT2D eigenvalue weighted by molar-refractivity contribution is 0.0577. The second kappa shape index (κ2) is 11.4. The normalized spacial score (nSPS) is 17.4. The molecule has 3 heterocycles. The van der Waals surface area contributed by atoms with Gasteiger partial charge in [0.2, 0.25) is 5.95 Å². The van der Waals surface area contributed by atoms with Gasteiger partial charge in [0.15, 0.2) is 0 Å². The number of piperidine rings is 1. The third-order valence-corrected chi connectivity index (χ3v) is 6.44. The molecule has 1 aromatic carbocycles. The molecule has 36 heavy (non-hydrogen) atoms. The first-order valence-electron chi connectivity index (χ1n) is 11.9. The van der Waals surface area contributed by atoms with Crippen molar-refractivity contribution in [1.29, 1.82) is 10.5 Å². The van der Waals surface area contributed by atoms with E-state index in [0.717, 1.165) is 42.8 Å². The van der Waals surface area contributed by atoms with E-state index in [4.69, 9.17) is 16.3 Å². The van der Waals surface area contributed by atoms with E-state index in [2.05, 4.69) is 37.3 Å². The molecule has 0 saturated carbocycles. The monoisotopic (exact) mass is 483 g/mol. The van der Waals surface area contributed by atoms with Crippen LogP contribution in [-0.4, -0.2) is 70.7 Å². The molecular weight excluding hydrogens is 454 g/mol. The van der Waals surface area contributed by atoms with Crippen molar-refractivity contribution in [2.24, 2.45) is 16.6 Å². The molecule has 0 unspecified atom stereocenters. The van der Waals surface area contributed by atoms with Crippen LogP contribution < -0.4 is 11.1 Å². The Hall–Kier alpha value is -4.28. The largest absolute Gasteiger partial charge is 0.403 e. The number of likely N-dealkylation sites (tertiary alicyclic amines) is 2. The second-order valence-electron chi connectivity index (χ2n) is 9.03. The number of anilines is 1. The maximum absolute atomic E-state index is 12.6. The Morgan fingerprint density at radius 1 is 1.25 bits per heavy atom. The van der Waals surface area contributed by atoms with E-state index >= 15 is 0 Å². The highest BCUT2D eigenvalue weighted by Gasteiger charge is 2.31. The molecule has 0 aliphatic carbocycles. The standard InChI is InChI=1S/C26H29N9O/c1-18-14-31-26(32-23(13-29)15-30-22-6-9-34(10-7-22)11-8-27)33-24(18)20-2-4-21(5-3-20)25(36)35-16-19(12-28)17-35/h2-5,13-15,19,22H,6-7,9-11,16-17,29H2,1H3,(H,31,32,33). The number of carbonyl (C=O) groups is 1. The maximum atomic E-state index is 12.6. The number of nitrogens with two attached hydrogens (primary N) is 1. The molecular formula is C26H29N9O. The van der Waals surface area contributed by atoms with Crippen LogP contribution in [0.4, 0.5) is 5.95 Å². The fraction of sp³-hybridized carbons (Fsp3) is 0.385. The Balaban J connectivity index is 1.40. The fourth-order valence-corrected chi connectivity index (χ4v) is 4.23. The van der Waals surface area contributed by atoms with Crippen LogP contribution >= 0.6 is 0 Å². The van der Waals surface area contributed by atoms with Crippen LogP contribution in [0.15, 0.2) is 47.4 Å². The summed E-state index contributed by atoms with van der Waals surface area (Å²) in [4.78, 5) is 30.1. The average Bonchev–Trinajstić information content (AvgIpc) is 2.88. The number of hydrogen-bond donors (Lipinski definition) is 2. The van der Waals surface area contributed by atoms with Gasteiger partial charge in [-0.2, -0.15) is 10.5 Å². The molecule has 0 radical (unpaired) electrons. The molecule has 2 fully saturated rings. The van der Waals surface area contributed by atoms with Crippen molar-refractivity contribution >= 4 is 18.1 Å². The summed E-state index contributed by atoms with van der Waals surface area (Å²) in [6.45, 7) is 5.07. The molecule has 2 aliphatic rings. The quantitative estimate of drug-likeness (QED) is 0.450. The Morgan fingerprint density at radius 2 is 1.97 bits per heavy atom. The molecule has 4 rings (SSSR count). The van der Waals surface area contributed by atoms with Crippen molar-refractivity contribution in [3.05, 3.63) is 53.5 Å². The molecule has 10 nitrogen and oxygen atoms in total. The number of amides is 1. The van der Waals surface area contributed by atoms with E-state index in [1.165, 1.54) is 6.20 Å². The fourth-order valence-electron chi connectivity index (χ4n) is 4.23. The van der Waals surface area contributed by atoms with Gasteiger partial charge in [-0.3, -0.25) is 14.7 Å². The van der Waals surface area contributed by atoms with Crippen molar-refractivity contribution in [2.75, 3.05) is 38.0 Å². The number of hydrogen-bond acceptors (Lipinski definition) is 9. The van der Waals surface area contributed by atoms with E-state index < -0.39 is 0 Å². The minimum atomic E-state index is -0.0671. The van der Waals surface area contributed by atoms with Gasteiger partial charge in [-0.15, -0.1) is 0 Å². The predicted octanol–water partition coefficient (Wildman–Crippen LogP) is 2.32. The average molecular weight is 484 g/mol. The summed E-state index contributed by atoms with van der Waals surface area (Å²) >= 11 is 0. The predicted molar refractivity (Wildman–Crippen MR) is 137 cm³/mol. The number of nitrogens with zero attached hydrogens (tertiary/aromatic N) is 7. The minimum absolute atomic E-state index is 0.0669. The van der Waals surface area contributed by atoms with Crippen LogP contribution in [0, 0.1) is 35.5 Å². The molecule has 2 saturated heterocycles. The molecule has 2 aliphatic heterocycles. The molecule has 1 amide bonds. The van der Waals surface area contributed by atoms with Crippen LogP contribution in [0.5, 0.6) is 0 Å². The first-order valence-corrected chi connectivity index (χ1v) is 11.9. The molecule has 184 valence electrons. The molecule has 10 heteroatoms. The minimum Gasteiger partial charge on any atom is -0.403 e. The number of aliphatic imine (C=N–C) groups is 1. The lowest BCUT2D eigenvalue weighted by Crippen LogP contribution is -2.49. The summed E-state index contributed by atoms with van der Waals surface area (Å²) in [5.41, 5.74) is 9.50. The van der Waals surface area contributed by atoms with E-state index in [-0.39, 0.29) is 17.9 Å². The summed E-state index contributed by atoms with van der Waals surface area (Å²) in [6.07, 6.45) is 6.68. The van der Waals surface area contributed by atoms with E-state index in [9.17, 15) is 4.79 Å². The van der Waals surface area contributed by atoms with Gasteiger partial charge in [-0.05, 0) is 37.5 Å². The number of aromatic nitrogens is 2. The van der Waals surface area contributed by atoms with E-state index in [0.29, 0.717) is 36.8 Å². The van der Waals surface area contributed by atoms with E-state index in [1.807, 2.05) is 19.1 Å². The van der Waals surface area contributed by atoms with Crippen molar-refractivity contribution in [3.8, 4) is 23.4 Å². The van der Waals surface area contributed by atoms with Crippen molar-refractivity contribution in [1.82, 2.24) is 19.8 Å². The van der Waals surface area contributed by atoms with Gasteiger partial charge in [0.1, 0.15) is 0 Å². The summed E-state index contributed by atoms with van der Waals surface area (Å²) in [5, 5.41) is 20.9. The SMILES string of the molecule is Cc1cnc(NC(C=NC2CCN(CC#N)CC2)=CN)nc1-c1ccc(C(=O)N2CC(C#N)C2)cc1. The molecule has 0 bridgehead atoms. The summed E-state index contributed by atoms with van der Waals surface area (Å²) < 4.78 is 0. The van der Waals surface area contributed by atoms with Crippen molar-refractivity contribution in [2.45, 2.75) is 25.8 Å². The summed E-state index contributed by atoms with van der Waals surface area (Å²) in [7, 11) is 0. The highest BCUT2D eigenvalue weighted by Crippen LogP contribution is 2.24. The van der Waals surface area contributed by atoms with Crippen molar-refractivity contribution in [3.63, 3.8) is 0 Å². The van der Waals surface area contributed by atoms with Crippen LogP contribution in [0.25, 0.3) is 11.3 Å². The van der Waals surface area contributed by atoms with Crippen LogP contribution in [0.3, 0.4) is 0 Å². The molecule has 0 atom stereocenters. The number of nitriles is 2. The van der Waals surface area contributed by atoms with Gasteiger partial charge in [0.05, 0.1) is 42.0 Å². The van der Waals surface area contributed by atoms with E-state index in [1.54, 1.807) is 29.4 Å². The van der Waals surface area contributed by atoms with Crippen molar-refractivity contribution < 1.29 is 4.79 Å². The topological polar surface area (TPSA) is 147 Å². The zero-order chi connectivity index (χ0) is 25.5. The Labute approximate surface area is 210 Å². The highest BCUT2D eigenvalue weighted by molar-refractivity contribution is 5.95. The van der Waals surface area contributed by atoms with Gasteiger partial charge < -0.3 is 16.0 Å². The number of rotatable bonds is 7. The maximum Gasteiger partial charge on any atom is 0.253 e. The smallest absolute Gasteiger partial charge is 0.253 e. The number of benzene rings is 1. The number of carbonyl (C=O) groups excluding carboxylic acids is 1. The molecule has 0 spiro atoms. The lowest BCUT2D eigenvalue weighted by Gasteiger charge is -2.35. The number of allylic oxidation sites excluding steroid dienone is 1. The molecule has 2 aromatic rings. The Kier molecular flexibility index (Phi) is 7.89. The van der Waals surface area contributed by atoms with Gasteiger partial charge in [-0.25, -0.2) is 9.97 Å². The Bertz CT molecular complexity index is 1230. The van der Waals surface area contributed by atoms with Gasteiger partial charge in [0.25, 0.3) is 5.91 Å². The summed E-state index contributed by atoms with van der Waals surface area (Å²) in [6, 6.07) is 11.9. The van der Waals surface area contributed by atoms with Crippen LogP contribution in [-0.2, 0) is 0 Å². The number of nitrogens with one attached hydrogen (secondary N) is 1. The summed E-state index contributed by atoms with van der Waals surface area (Å²) in [5.74, 6) is 0.260. The first kappa shape index (κ1) is 24.8. The van der Waals surface area contributed by atoms with Gasteiger partial charge in [-0.1, -0.05) is 12.1 Å².